The molecule has 0 saturated heterocycles. The first-order chi connectivity index (χ1) is 28.3. The minimum absolute atomic E-state index is 0.622. The van der Waals surface area contributed by atoms with Crippen LogP contribution in [0.1, 0.15) is 0 Å². The molecule has 8 aromatic carbocycles. The zero-order valence-corrected chi connectivity index (χ0v) is 30.5. The molecule has 6 heteroatoms. The Kier molecular flexibility index (Phi) is 6.83. The van der Waals surface area contributed by atoms with Crippen LogP contribution in [0.2, 0.25) is 0 Å². The van der Waals surface area contributed by atoms with Crippen molar-refractivity contribution in [1.29, 1.82) is 0 Å². The fraction of sp³-hybridized carbons (Fsp3) is 0. The van der Waals surface area contributed by atoms with Crippen molar-refractivity contribution in [2.75, 3.05) is 0 Å². The molecule has 0 aliphatic heterocycles. The lowest BCUT2D eigenvalue weighted by atomic mass is 10.1. The molecule has 266 valence electrons. The molecule has 0 saturated carbocycles. The van der Waals surface area contributed by atoms with Crippen LogP contribution in [-0.4, -0.2) is 24.1 Å². The van der Waals surface area contributed by atoms with Crippen molar-refractivity contribution >= 4 is 65.6 Å². The number of para-hydroxylation sites is 3. The highest BCUT2D eigenvalue weighted by Gasteiger charge is 2.23. The molecule has 12 rings (SSSR count). The number of hydrogen-bond acceptors (Lipinski definition) is 4. The highest BCUT2D eigenvalue weighted by molar-refractivity contribution is 6.28. The molecular weight excluding hydrogens is 699 g/mol. The lowest BCUT2D eigenvalue weighted by molar-refractivity contribution is 0.669. The van der Waals surface area contributed by atoms with Gasteiger partial charge in [0.05, 0.1) is 22.1 Å². The summed E-state index contributed by atoms with van der Waals surface area (Å²) in [4.78, 5) is 14.9. The highest BCUT2D eigenvalue weighted by atomic mass is 16.3. The third-order valence-corrected chi connectivity index (χ3v) is 11.2. The molecule has 0 aliphatic carbocycles. The van der Waals surface area contributed by atoms with Crippen LogP contribution in [0.5, 0.6) is 0 Å². The van der Waals surface area contributed by atoms with E-state index < -0.39 is 0 Å². The second-order valence-corrected chi connectivity index (χ2v) is 14.4. The van der Waals surface area contributed by atoms with E-state index in [4.69, 9.17) is 19.4 Å². The van der Waals surface area contributed by atoms with Gasteiger partial charge in [-0.2, -0.15) is 0 Å². The van der Waals surface area contributed by atoms with Gasteiger partial charge in [-0.1, -0.05) is 121 Å². The summed E-state index contributed by atoms with van der Waals surface area (Å²) in [7, 11) is 0. The van der Waals surface area contributed by atoms with Crippen molar-refractivity contribution in [1.82, 2.24) is 24.1 Å². The number of furan rings is 1. The Morgan fingerprint density at radius 1 is 0.333 bits per heavy atom. The van der Waals surface area contributed by atoms with Crippen molar-refractivity contribution in [3.63, 3.8) is 0 Å². The van der Waals surface area contributed by atoms with E-state index in [1.807, 2.05) is 72.8 Å². The van der Waals surface area contributed by atoms with Crippen LogP contribution in [0.3, 0.4) is 0 Å². The van der Waals surface area contributed by atoms with Gasteiger partial charge < -0.3 is 13.6 Å². The summed E-state index contributed by atoms with van der Waals surface area (Å²) >= 11 is 0. The zero-order chi connectivity index (χ0) is 37.5. The average molecular weight is 730 g/mol. The van der Waals surface area contributed by atoms with E-state index in [1.54, 1.807) is 0 Å². The van der Waals surface area contributed by atoms with E-state index in [0.717, 1.165) is 66.4 Å². The fourth-order valence-corrected chi connectivity index (χ4v) is 8.59. The number of hydrogen-bond donors (Lipinski definition) is 0. The summed E-state index contributed by atoms with van der Waals surface area (Å²) in [6, 6.07) is 65.5. The summed E-state index contributed by atoms with van der Waals surface area (Å²) in [6.07, 6.45) is 0. The summed E-state index contributed by atoms with van der Waals surface area (Å²) in [5.41, 5.74) is 11.3. The second-order valence-electron chi connectivity index (χ2n) is 14.4. The second kappa shape index (κ2) is 12.3. The molecule has 0 radical (unpaired) electrons. The van der Waals surface area contributed by atoms with Crippen molar-refractivity contribution < 1.29 is 4.42 Å². The molecule has 57 heavy (non-hydrogen) atoms. The van der Waals surface area contributed by atoms with Crippen molar-refractivity contribution in [3.05, 3.63) is 188 Å². The summed E-state index contributed by atoms with van der Waals surface area (Å²) in [5, 5.41) is 6.92. The Hall–Kier alpha value is -7.83. The van der Waals surface area contributed by atoms with Gasteiger partial charge in [-0.15, -0.1) is 0 Å². The standard InChI is InChI=1S/C51H31N5O/c1-4-14-32(15-5-1)49-52-50(33-16-6-2-7-17-33)54-51(53-49)34-24-26-36(27-25-34)55-43-29-28-39-37-20-10-12-22-42(37)56(35-18-8-3-9-19-35)48(39)47(43)41-31-46-40(30-44(41)55)38-21-11-13-23-45(38)57-46/h1-31H. The average Bonchev–Trinajstić information content (AvgIpc) is 3.93. The van der Waals surface area contributed by atoms with Gasteiger partial charge in [-0.05, 0) is 66.7 Å². The van der Waals surface area contributed by atoms with E-state index in [9.17, 15) is 0 Å². The van der Waals surface area contributed by atoms with Crippen molar-refractivity contribution in [3.8, 4) is 45.5 Å². The molecule has 0 spiro atoms. The molecule has 0 aliphatic rings. The Bertz CT molecular complexity index is 3430. The van der Waals surface area contributed by atoms with Gasteiger partial charge in [0.1, 0.15) is 11.2 Å². The number of fused-ring (bicyclic) bond motifs is 10. The molecule has 0 fully saturated rings. The molecule has 0 N–H and O–H groups in total. The quantitative estimate of drug-likeness (QED) is 0.177. The molecule has 0 amide bonds. The van der Waals surface area contributed by atoms with Crippen molar-refractivity contribution in [2.45, 2.75) is 0 Å². The molecule has 0 bridgehead atoms. The van der Waals surface area contributed by atoms with Gasteiger partial charge in [0.25, 0.3) is 0 Å². The van der Waals surface area contributed by atoms with E-state index in [2.05, 4.69) is 124 Å². The van der Waals surface area contributed by atoms with Crippen LogP contribution in [0.15, 0.2) is 192 Å². The molecule has 12 aromatic rings. The normalized spacial score (nSPS) is 11.9. The first-order valence-electron chi connectivity index (χ1n) is 19.1. The monoisotopic (exact) mass is 729 g/mol. The minimum Gasteiger partial charge on any atom is -0.456 e. The predicted molar refractivity (Wildman–Crippen MR) is 232 cm³/mol. The highest BCUT2D eigenvalue weighted by Crippen LogP contribution is 2.44. The van der Waals surface area contributed by atoms with Crippen molar-refractivity contribution in [2.24, 2.45) is 0 Å². The Morgan fingerprint density at radius 3 is 1.58 bits per heavy atom. The van der Waals surface area contributed by atoms with Gasteiger partial charge in [-0.3, -0.25) is 0 Å². The molecule has 0 atom stereocenters. The maximum atomic E-state index is 6.52. The van der Waals surface area contributed by atoms with Gasteiger partial charge in [0, 0.05) is 60.4 Å². The summed E-state index contributed by atoms with van der Waals surface area (Å²) < 4.78 is 11.3. The lowest BCUT2D eigenvalue weighted by Crippen LogP contribution is -2.00. The third kappa shape index (κ3) is 4.87. The minimum atomic E-state index is 0.622. The van der Waals surface area contributed by atoms with E-state index in [0.29, 0.717) is 17.5 Å². The maximum Gasteiger partial charge on any atom is 0.164 e. The zero-order valence-electron chi connectivity index (χ0n) is 30.5. The maximum absolute atomic E-state index is 6.52. The van der Waals surface area contributed by atoms with Gasteiger partial charge in [0.2, 0.25) is 0 Å². The fourth-order valence-electron chi connectivity index (χ4n) is 8.59. The summed E-state index contributed by atoms with van der Waals surface area (Å²) in [6.45, 7) is 0. The van der Waals surface area contributed by atoms with Gasteiger partial charge in [-0.25, -0.2) is 15.0 Å². The van der Waals surface area contributed by atoms with E-state index >= 15 is 0 Å². The topological polar surface area (TPSA) is 61.7 Å². The summed E-state index contributed by atoms with van der Waals surface area (Å²) in [5.74, 6) is 1.90. The van der Waals surface area contributed by atoms with Gasteiger partial charge in [0.15, 0.2) is 17.5 Å². The molecule has 6 nitrogen and oxygen atoms in total. The first kappa shape index (κ1) is 31.5. The third-order valence-electron chi connectivity index (χ3n) is 11.2. The largest absolute Gasteiger partial charge is 0.456 e. The van der Waals surface area contributed by atoms with Crippen LogP contribution in [0, 0.1) is 0 Å². The molecule has 4 aromatic heterocycles. The van der Waals surface area contributed by atoms with E-state index in [-0.39, 0.29) is 0 Å². The van der Waals surface area contributed by atoms with E-state index in [1.165, 1.54) is 27.2 Å². The van der Waals surface area contributed by atoms with Crippen LogP contribution in [0.4, 0.5) is 0 Å². The number of aromatic nitrogens is 5. The number of benzene rings is 8. The van der Waals surface area contributed by atoms with Gasteiger partial charge >= 0.3 is 0 Å². The number of nitrogens with zero attached hydrogens (tertiary/aromatic N) is 5. The lowest BCUT2D eigenvalue weighted by Gasteiger charge is -2.11. The predicted octanol–water partition coefficient (Wildman–Crippen LogP) is 13.0. The molecule has 4 heterocycles. The van der Waals surface area contributed by atoms with Crippen LogP contribution < -0.4 is 0 Å². The smallest absolute Gasteiger partial charge is 0.164 e. The van der Waals surface area contributed by atoms with Crippen LogP contribution >= 0.6 is 0 Å². The molecular formula is C51H31N5O. The Morgan fingerprint density at radius 2 is 0.895 bits per heavy atom. The van der Waals surface area contributed by atoms with Crippen LogP contribution in [0.25, 0.3) is 111 Å². The Labute approximate surface area is 326 Å². The number of rotatable bonds is 5. The SMILES string of the molecule is c1ccc(-c2nc(-c3ccccc3)nc(-c3ccc(-n4c5cc6c(cc5c5c4ccc4c7ccccc7n(-c7ccccc7)c45)oc4ccccc46)cc3)n2)cc1. The van der Waals surface area contributed by atoms with Crippen LogP contribution in [-0.2, 0) is 0 Å². The Balaban J connectivity index is 1.12. The molecule has 0 unspecified atom stereocenters. The first-order valence-corrected chi connectivity index (χ1v) is 19.1.